The van der Waals surface area contributed by atoms with Crippen molar-refractivity contribution < 1.29 is 0 Å². The summed E-state index contributed by atoms with van der Waals surface area (Å²) in [5.74, 6) is 0. The molecule has 0 aliphatic heterocycles. The molecular formula is C13H13BrN2. The number of nitrogen functional groups attached to an aromatic ring is 1. The van der Waals surface area contributed by atoms with Crippen LogP contribution < -0.4 is 11.1 Å². The fraction of sp³-hybridized carbons (Fsp3) is 0.0769. The Morgan fingerprint density at radius 1 is 1.06 bits per heavy atom. The molecular weight excluding hydrogens is 264 g/mol. The average Bonchev–Trinajstić information content (AvgIpc) is 2.27. The molecule has 0 aliphatic rings. The highest BCUT2D eigenvalue weighted by Gasteiger charge is 1.99. The van der Waals surface area contributed by atoms with Gasteiger partial charge in [-0.05, 0) is 48.9 Å². The predicted octanol–water partition coefficient (Wildman–Crippen LogP) is 4.08. The van der Waals surface area contributed by atoms with Gasteiger partial charge in [0.25, 0.3) is 0 Å². The lowest BCUT2D eigenvalue weighted by Gasteiger charge is -2.10. The third-order valence-corrected chi connectivity index (χ3v) is 2.88. The molecule has 0 saturated carbocycles. The molecule has 0 atom stereocenters. The highest BCUT2D eigenvalue weighted by Crippen LogP contribution is 2.24. The van der Waals surface area contributed by atoms with Gasteiger partial charge in [0, 0.05) is 21.5 Å². The molecule has 2 aromatic carbocycles. The fourth-order valence-corrected chi connectivity index (χ4v) is 1.81. The molecule has 3 N–H and O–H groups in total. The van der Waals surface area contributed by atoms with Gasteiger partial charge in [-0.3, -0.25) is 0 Å². The number of hydrogen-bond acceptors (Lipinski definition) is 2. The van der Waals surface area contributed by atoms with Crippen molar-refractivity contribution in [1.82, 2.24) is 0 Å². The number of nitrogens with one attached hydrogen (secondary N) is 1. The Kier molecular flexibility index (Phi) is 3.15. The van der Waals surface area contributed by atoms with Crippen molar-refractivity contribution in [3.8, 4) is 0 Å². The first kappa shape index (κ1) is 11.0. The Morgan fingerprint density at radius 3 is 2.44 bits per heavy atom. The normalized spacial score (nSPS) is 10.1. The van der Waals surface area contributed by atoms with E-state index in [0.717, 1.165) is 21.5 Å². The van der Waals surface area contributed by atoms with E-state index in [-0.39, 0.29) is 0 Å². The molecule has 0 aromatic heterocycles. The highest BCUT2D eigenvalue weighted by molar-refractivity contribution is 9.10. The van der Waals surface area contributed by atoms with Crippen LogP contribution >= 0.6 is 15.9 Å². The number of nitrogens with two attached hydrogens (primary N) is 1. The van der Waals surface area contributed by atoms with Gasteiger partial charge in [0.15, 0.2) is 0 Å². The molecule has 0 unspecified atom stereocenters. The standard InChI is InChI=1S/C13H13BrN2/c1-9-2-3-10(14)8-13(9)16-12-6-4-11(15)5-7-12/h2-8,16H,15H2,1H3. The summed E-state index contributed by atoms with van der Waals surface area (Å²) in [7, 11) is 0. The zero-order chi connectivity index (χ0) is 11.5. The van der Waals surface area contributed by atoms with Crippen LogP contribution in [0.3, 0.4) is 0 Å². The van der Waals surface area contributed by atoms with E-state index in [9.17, 15) is 0 Å². The van der Waals surface area contributed by atoms with Crippen LogP contribution in [0.4, 0.5) is 17.1 Å². The molecule has 0 saturated heterocycles. The van der Waals surface area contributed by atoms with Crippen molar-refractivity contribution in [2.24, 2.45) is 0 Å². The molecule has 0 bridgehead atoms. The summed E-state index contributed by atoms with van der Waals surface area (Å²) < 4.78 is 1.07. The Balaban J connectivity index is 2.26. The van der Waals surface area contributed by atoms with Gasteiger partial charge in [-0.1, -0.05) is 22.0 Å². The van der Waals surface area contributed by atoms with Gasteiger partial charge in [-0.15, -0.1) is 0 Å². The number of aryl methyl sites for hydroxylation is 1. The van der Waals surface area contributed by atoms with E-state index in [4.69, 9.17) is 5.73 Å². The van der Waals surface area contributed by atoms with Crippen LogP contribution in [0.15, 0.2) is 46.9 Å². The summed E-state index contributed by atoms with van der Waals surface area (Å²) in [5, 5.41) is 3.35. The van der Waals surface area contributed by atoms with E-state index in [1.807, 2.05) is 30.3 Å². The second kappa shape index (κ2) is 4.58. The summed E-state index contributed by atoms with van der Waals surface area (Å²) in [6.07, 6.45) is 0. The van der Waals surface area contributed by atoms with Crippen molar-refractivity contribution in [1.29, 1.82) is 0 Å². The SMILES string of the molecule is Cc1ccc(Br)cc1Nc1ccc(N)cc1. The second-order valence-corrected chi connectivity index (χ2v) is 4.62. The third-order valence-electron chi connectivity index (χ3n) is 2.39. The lowest BCUT2D eigenvalue weighted by Crippen LogP contribution is -1.93. The maximum atomic E-state index is 5.64. The molecule has 2 rings (SSSR count). The largest absolute Gasteiger partial charge is 0.399 e. The molecule has 0 spiro atoms. The van der Waals surface area contributed by atoms with E-state index in [1.165, 1.54) is 5.56 Å². The quantitative estimate of drug-likeness (QED) is 0.811. The van der Waals surface area contributed by atoms with Crippen LogP contribution in [0, 0.1) is 6.92 Å². The van der Waals surface area contributed by atoms with Crippen molar-refractivity contribution in [2.75, 3.05) is 11.1 Å². The topological polar surface area (TPSA) is 38.0 Å². The van der Waals surface area contributed by atoms with Crippen molar-refractivity contribution in [2.45, 2.75) is 6.92 Å². The van der Waals surface area contributed by atoms with Crippen LogP contribution in [-0.2, 0) is 0 Å². The third kappa shape index (κ3) is 2.55. The summed E-state index contributed by atoms with van der Waals surface area (Å²) in [4.78, 5) is 0. The molecule has 16 heavy (non-hydrogen) atoms. The lowest BCUT2D eigenvalue weighted by atomic mass is 10.2. The Morgan fingerprint density at radius 2 is 1.75 bits per heavy atom. The maximum absolute atomic E-state index is 5.64. The lowest BCUT2D eigenvalue weighted by molar-refractivity contribution is 1.42. The number of halogens is 1. The second-order valence-electron chi connectivity index (χ2n) is 3.71. The minimum Gasteiger partial charge on any atom is -0.399 e. The predicted molar refractivity (Wildman–Crippen MR) is 73.0 cm³/mol. The first-order valence-corrected chi connectivity index (χ1v) is 5.83. The molecule has 0 amide bonds. The number of benzene rings is 2. The fourth-order valence-electron chi connectivity index (χ4n) is 1.45. The summed E-state index contributed by atoms with van der Waals surface area (Å²) in [6, 6.07) is 13.9. The smallest absolute Gasteiger partial charge is 0.0425 e. The molecule has 2 aromatic rings. The highest BCUT2D eigenvalue weighted by atomic mass is 79.9. The van der Waals surface area contributed by atoms with Gasteiger partial charge in [-0.2, -0.15) is 0 Å². The van der Waals surface area contributed by atoms with Crippen molar-refractivity contribution in [3.05, 3.63) is 52.5 Å². The van der Waals surface area contributed by atoms with Gasteiger partial charge >= 0.3 is 0 Å². The zero-order valence-electron chi connectivity index (χ0n) is 9.00. The minimum absolute atomic E-state index is 0.775. The number of hydrogen-bond donors (Lipinski definition) is 2. The average molecular weight is 277 g/mol. The molecule has 0 fully saturated rings. The van der Waals surface area contributed by atoms with E-state index in [0.29, 0.717) is 0 Å². The Bertz CT molecular complexity index is 492. The molecule has 0 aliphatic carbocycles. The van der Waals surface area contributed by atoms with Crippen LogP contribution in [0.5, 0.6) is 0 Å². The van der Waals surface area contributed by atoms with Crippen LogP contribution in [-0.4, -0.2) is 0 Å². The van der Waals surface area contributed by atoms with Gasteiger partial charge in [-0.25, -0.2) is 0 Å². The zero-order valence-corrected chi connectivity index (χ0v) is 10.6. The van der Waals surface area contributed by atoms with Crippen LogP contribution in [0.2, 0.25) is 0 Å². The molecule has 0 heterocycles. The molecule has 82 valence electrons. The maximum Gasteiger partial charge on any atom is 0.0425 e. The first-order chi connectivity index (χ1) is 7.65. The van der Waals surface area contributed by atoms with Gasteiger partial charge < -0.3 is 11.1 Å². The van der Waals surface area contributed by atoms with Gasteiger partial charge in [0.2, 0.25) is 0 Å². The van der Waals surface area contributed by atoms with E-state index in [2.05, 4.69) is 40.3 Å². The number of rotatable bonds is 2. The first-order valence-electron chi connectivity index (χ1n) is 5.04. The summed E-state index contributed by atoms with van der Waals surface area (Å²) in [6.45, 7) is 2.08. The van der Waals surface area contributed by atoms with Crippen LogP contribution in [0.1, 0.15) is 5.56 Å². The molecule has 2 nitrogen and oxygen atoms in total. The van der Waals surface area contributed by atoms with E-state index >= 15 is 0 Å². The number of anilines is 3. The molecule has 0 radical (unpaired) electrons. The Labute approximate surface area is 104 Å². The monoisotopic (exact) mass is 276 g/mol. The van der Waals surface area contributed by atoms with Gasteiger partial charge in [0.1, 0.15) is 0 Å². The van der Waals surface area contributed by atoms with Crippen LogP contribution in [0.25, 0.3) is 0 Å². The summed E-state index contributed by atoms with van der Waals surface area (Å²) >= 11 is 3.46. The minimum atomic E-state index is 0.775. The summed E-state index contributed by atoms with van der Waals surface area (Å²) in [5.41, 5.74) is 9.76. The van der Waals surface area contributed by atoms with Gasteiger partial charge in [0.05, 0.1) is 0 Å². The Hall–Kier alpha value is -1.48. The molecule has 3 heteroatoms. The van der Waals surface area contributed by atoms with E-state index in [1.54, 1.807) is 0 Å². The van der Waals surface area contributed by atoms with Crippen molar-refractivity contribution in [3.63, 3.8) is 0 Å². The van der Waals surface area contributed by atoms with E-state index < -0.39 is 0 Å². The van der Waals surface area contributed by atoms with Crippen molar-refractivity contribution >= 4 is 33.0 Å².